The highest BCUT2D eigenvalue weighted by Crippen LogP contribution is 2.20. The fourth-order valence-electron chi connectivity index (χ4n) is 1.08. The molecule has 0 aromatic carbocycles. The van der Waals surface area contributed by atoms with Gasteiger partial charge in [0.15, 0.2) is 6.10 Å². The number of aliphatic hydroxyl groups excluding tert-OH is 2. The van der Waals surface area contributed by atoms with E-state index in [1.165, 1.54) is 19.1 Å². The topological polar surface area (TPSA) is 52.9 Å². The number of methoxy groups -OCH3 is 1. The minimum absolute atomic E-state index is 0.0149. The van der Waals surface area contributed by atoms with Crippen molar-refractivity contribution in [1.29, 1.82) is 0 Å². The quantitative estimate of drug-likeness (QED) is 0.667. The second kappa shape index (κ2) is 6.26. The highest BCUT2D eigenvalue weighted by molar-refractivity contribution is 4.70. The summed E-state index contributed by atoms with van der Waals surface area (Å²) in [7, 11) is 2.77. The van der Waals surface area contributed by atoms with Crippen molar-refractivity contribution in [3.63, 3.8) is 0 Å². The van der Waals surface area contributed by atoms with Crippen LogP contribution in [0.5, 0.6) is 0 Å². The standard InChI is InChI=1S/C8H16F3NO3/c1-12(3-6(13)5-15-2)4-7(14)8(9,10)11/h6-7,13-14H,3-5H2,1-2H3. The highest BCUT2D eigenvalue weighted by atomic mass is 19.4. The summed E-state index contributed by atoms with van der Waals surface area (Å²) in [6.45, 7) is -0.502. The number of hydrogen-bond acceptors (Lipinski definition) is 4. The van der Waals surface area contributed by atoms with Crippen LogP contribution < -0.4 is 0 Å². The van der Waals surface area contributed by atoms with Gasteiger partial charge in [0.05, 0.1) is 12.7 Å². The third kappa shape index (κ3) is 6.67. The maximum atomic E-state index is 11.9. The number of hydrogen-bond donors (Lipinski definition) is 2. The molecule has 0 radical (unpaired) electrons. The molecule has 4 nitrogen and oxygen atoms in total. The van der Waals surface area contributed by atoms with E-state index in [1.54, 1.807) is 0 Å². The van der Waals surface area contributed by atoms with E-state index in [0.717, 1.165) is 0 Å². The van der Waals surface area contributed by atoms with E-state index in [4.69, 9.17) is 5.11 Å². The monoisotopic (exact) mass is 231 g/mol. The lowest BCUT2D eigenvalue weighted by Crippen LogP contribution is -2.42. The van der Waals surface area contributed by atoms with Crippen LogP contribution in [0.15, 0.2) is 0 Å². The number of rotatable bonds is 6. The first-order chi connectivity index (χ1) is 6.77. The molecule has 0 saturated heterocycles. The Labute approximate surface area is 86.3 Å². The number of alkyl halides is 3. The van der Waals surface area contributed by atoms with Crippen LogP contribution in [0.1, 0.15) is 0 Å². The lowest BCUT2D eigenvalue weighted by atomic mass is 10.3. The summed E-state index contributed by atoms with van der Waals surface area (Å²) in [4.78, 5) is 1.20. The molecule has 92 valence electrons. The first-order valence-corrected chi connectivity index (χ1v) is 4.37. The van der Waals surface area contributed by atoms with E-state index in [2.05, 4.69) is 4.74 Å². The predicted octanol–water partition coefficient (Wildman–Crippen LogP) is -0.151. The maximum absolute atomic E-state index is 11.9. The normalized spacial score (nSPS) is 16.8. The van der Waals surface area contributed by atoms with Crippen LogP contribution in [-0.2, 0) is 4.74 Å². The Bertz CT molecular complexity index is 177. The van der Waals surface area contributed by atoms with E-state index < -0.39 is 24.9 Å². The zero-order chi connectivity index (χ0) is 12.1. The van der Waals surface area contributed by atoms with Gasteiger partial charge < -0.3 is 19.8 Å². The SMILES string of the molecule is COCC(O)CN(C)CC(O)C(F)(F)F. The third-order valence-corrected chi connectivity index (χ3v) is 1.74. The van der Waals surface area contributed by atoms with Gasteiger partial charge in [-0.05, 0) is 7.05 Å². The number of aliphatic hydroxyl groups is 2. The third-order valence-electron chi connectivity index (χ3n) is 1.74. The molecule has 0 aliphatic heterocycles. The summed E-state index contributed by atoms with van der Waals surface area (Å²) in [5, 5.41) is 17.9. The molecule has 2 N–H and O–H groups in total. The van der Waals surface area contributed by atoms with Crippen LogP contribution in [0.3, 0.4) is 0 Å². The molecule has 0 aromatic rings. The second-order valence-corrected chi connectivity index (χ2v) is 3.39. The molecular weight excluding hydrogens is 215 g/mol. The fraction of sp³-hybridized carbons (Fsp3) is 1.00. The Morgan fingerprint density at radius 2 is 1.80 bits per heavy atom. The van der Waals surface area contributed by atoms with Gasteiger partial charge in [0.1, 0.15) is 0 Å². The van der Waals surface area contributed by atoms with Crippen LogP contribution in [0.25, 0.3) is 0 Å². The summed E-state index contributed by atoms with van der Waals surface area (Å²) in [6, 6.07) is 0. The molecule has 2 atom stereocenters. The average Bonchev–Trinajstić information content (AvgIpc) is 2.01. The Balaban J connectivity index is 3.88. The number of likely N-dealkylation sites (N-methyl/N-ethyl adjacent to an activating group) is 1. The van der Waals surface area contributed by atoms with Crippen molar-refractivity contribution in [2.24, 2.45) is 0 Å². The fourth-order valence-corrected chi connectivity index (χ4v) is 1.08. The van der Waals surface area contributed by atoms with Gasteiger partial charge in [0.25, 0.3) is 0 Å². The largest absolute Gasteiger partial charge is 0.415 e. The van der Waals surface area contributed by atoms with Crippen molar-refractivity contribution in [2.75, 3.05) is 33.9 Å². The molecule has 0 aromatic heterocycles. The molecule has 0 heterocycles. The van der Waals surface area contributed by atoms with E-state index >= 15 is 0 Å². The van der Waals surface area contributed by atoms with E-state index in [9.17, 15) is 18.3 Å². The van der Waals surface area contributed by atoms with Crippen molar-refractivity contribution in [1.82, 2.24) is 4.90 Å². The van der Waals surface area contributed by atoms with Crippen molar-refractivity contribution in [2.45, 2.75) is 18.4 Å². The number of nitrogens with zero attached hydrogens (tertiary/aromatic N) is 1. The van der Waals surface area contributed by atoms with Crippen LogP contribution in [0, 0.1) is 0 Å². The molecule has 0 rings (SSSR count). The molecule has 0 aliphatic carbocycles. The van der Waals surface area contributed by atoms with E-state index in [1.807, 2.05) is 0 Å². The van der Waals surface area contributed by atoms with E-state index in [-0.39, 0.29) is 13.2 Å². The molecule has 0 saturated carbocycles. The van der Waals surface area contributed by atoms with Crippen molar-refractivity contribution in [3.8, 4) is 0 Å². The summed E-state index contributed by atoms with van der Waals surface area (Å²) in [6.07, 6.45) is -7.88. The van der Waals surface area contributed by atoms with Gasteiger partial charge in [0.2, 0.25) is 0 Å². The minimum Gasteiger partial charge on any atom is -0.389 e. The van der Waals surface area contributed by atoms with E-state index in [0.29, 0.717) is 0 Å². The van der Waals surface area contributed by atoms with Gasteiger partial charge in [-0.2, -0.15) is 13.2 Å². The van der Waals surface area contributed by atoms with Gasteiger partial charge in [-0.1, -0.05) is 0 Å². The Morgan fingerprint density at radius 3 is 2.20 bits per heavy atom. The van der Waals surface area contributed by atoms with Crippen molar-refractivity contribution in [3.05, 3.63) is 0 Å². The average molecular weight is 231 g/mol. The van der Waals surface area contributed by atoms with Crippen LogP contribution >= 0.6 is 0 Å². The smallest absolute Gasteiger partial charge is 0.389 e. The van der Waals surface area contributed by atoms with Crippen molar-refractivity contribution < 1.29 is 28.1 Å². The van der Waals surface area contributed by atoms with Crippen molar-refractivity contribution >= 4 is 0 Å². The van der Waals surface area contributed by atoms with Gasteiger partial charge in [-0.25, -0.2) is 0 Å². The molecule has 0 amide bonds. The zero-order valence-electron chi connectivity index (χ0n) is 8.66. The molecule has 0 spiro atoms. The Kier molecular flexibility index (Phi) is 6.11. The summed E-state index contributed by atoms with van der Waals surface area (Å²) < 4.78 is 40.4. The summed E-state index contributed by atoms with van der Waals surface area (Å²) >= 11 is 0. The molecule has 0 bridgehead atoms. The number of ether oxygens (including phenoxy) is 1. The maximum Gasteiger partial charge on any atom is 0.415 e. The van der Waals surface area contributed by atoms with Gasteiger partial charge in [-0.15, -0.1) is 0 Å². The summed E-state index contributed by atoms with van der Waals surface area (Å²) in [5.74, 6) is 0. The molecule has 0 fully saturated rings. The molecule has 15 heavy (non-hydrogen) atoms. The summed E-state index contributed by atoms with van der Waals surface area (Å²) in [5.41, 5.74) is 0. The molecular formula is C8H16F3NO3. The predicted molar refractivity (Wildman–Crippen MR) is 47.4 cm³/mol. The zero-order valence-corrected chi connectivity index (χ0v) is 8.66. The highest BCUT2D eigenvalue weighted by Gasteiger charge is 2.38. The van der Waals surface area contributed by atoms with Crippen LogP contribution in [0.2, 0.25) is 0 Å². The first-order valence-electron chi connectivity index (χ1n) is 4.37. The minimum atomic E-state index is -4.62. The first kappa shape index (κ1) is 14.6. The van der Waals surface area contributed by atoms with Gasteiger partial charge >= 0.3 is 6.18 Å². The molecule has 7 heteroatoms. The van der Waals surface area contributed by atoms with Crippen LogP contribution in [-0.4, -0.2) is 67.4 Å². The Morgan fingerprint density at radius 1 is 1.27 bits per heavy atom. The second-order valence-electron chi connectivity index (χ2n) is 3.39. The van der Waals surface area contributed by atoms with Gasteiger partial charge in [0, 0.05) is 20.2 Å². The van der Waals surface area contributed by atoms with Crippen LogP contribution in [0.4, 0.5) is 13.2 Å². The Hall–Kier alpha value is -0.370. The lowest BCUT2D eigenvalue weighted by Gasteiger charge is -2.24. The molecule has 2 unspecified atom stereocenters. The van der Waals surface area contributed by atoms with Gasteiger partial charge in [-0.3, -0.25) is 0 Å². The lowest BCUT2D eigenvalue weighted by molar-refractivity contribution is -0.208. The number of halogens is 3. The molecule has 0 aliphatic rings.